The van der Waals surface area contributed by atoms with Gasteiger partial charge in [-0.2, -0.15) is 0 Å². The molecule has 4 nitrogen and oxygen atoms in total. The van der Waals surface area contributed by atoms with Gasteiger partial charge in [0.05, 0.1) is 18.8 Å². The Balaban J connectivity index is 3.62. The summed E-state index contributed by atoms with van der Waals surface area (Å²) in [5.41, 5.74) is 0. The molecule has 0 radical (unpaired) electrons. The maximum Gasteiger partial charge on any atom is 0.220 e. The zero-order valence-electron chi connectivity index (χ0n) is 51.8. The van der Waals surface area contributed by atoms with E-state index < -0.39 is 12.1 Å². The Labute approximate surface area is 491 Å². The van der Waals surface area contributed by atoms with E-state index in [1.807, 2.05) is 6.08 Å². The minimum absolute atomic E-state index is 0.0856. The lowest BCUT2D eigenvalue weighted by molar-refractivity contribution is -0.123. The number of hydrogen-bond donors (Lipinski definition) is 3. The first kappa shape index (κ1) is 75.3. The second-order valence-electron chi connectivity index (χ2n) is 22.1. The maximum atomic E-state index is 12.5. The zero-order chi connectivity index (χ0) is 56.9. The molecular weight excluding hydrogens is 963 g/mol. The van der Waals surface area contributed by atoms with Crippen LogP contribution in [0.3, 0.4) is 0 Å². The van der Waals surface area contributed by atoms with Gasteiger partial charge in [0.15, 0.2) is 0 Å². The number of carbonyl (C=O) groups is 1. The van der Waals surface area contributed by atoms with Gasteiger partial charge in [0.25, 0.3) is 0 Å². The minimum atomic E-state index is -0.878. The van der Waals surface area contributed by atoms with Gasteiger partial charge in [-0.15, -0.1) is 0 Å². The lowest BCUT2D eigenvalue weighted by Gasteiger charge is -2.19. The molecule has 2 unspecified atom stereocenters. The number of aliphatic hydroxyl groups is 2. The summed E-state index contributed by atoms with van der Waals surface area (Å²) in [5, 5.41) is 23.2. The van der Waals surface area contributed by atoms with E-state index in [0.717, 1.165) is 109 Å². The van der Waals surface area contributed by atoms with Crippen molar-refractivity contribution in [1.29, 1.82) is 0 Å². The van der Waals surface area contributed by atoms with Gasteiger partial charge in [0.1, 0.15) is 0 Å². The minimum Gasteiger partial charge on any atom is -0.394 e. The molecule has 0 bridgehead atoms. The first-order valence-corrected chi connectivity index (χ1v) is 33.5. The topological polar surface area (TPSA) is 69.6 Å². The number of aliphatic hydroxyl groups excluding tert-OH is 2. The van der Waals surface area contributed by atoms with Crippen LogP contribution >= 0.6 is 0 Å². The maximum absolute atomic E-state index is 12.5. The highest BCUT2D eigenvalue weighted by Crippen LogP contribution is 2.17. The number of carbonyl (C=O) groups excluding carboxylic acids is 1. The van der Waals surface area contributed by atoms with Crippen molar-refractivity contribution in [2.45, 2.75) is 315 Å². The van der Waals surface area contributed by atoms with E-state index in [2.05, 4.69) is 153 Å². The first-order chi connectivity index (χ1) is 39.2. The molecule has 0 saturated carbocycles. The van der Waals surface area contributed by atoms with Gasteiger partial charge in [-0.3, -0.25) is 4.79 Å². The lowest BCUT2D eigenvalue weighted by Crippen LogP contribution is -2.45. The summed E-state index contributed by atoms with van der Waals surface area (Å²) in [6.45, 7) is 4.19. The van der Waals surface area contributed by atoms with Gasteiger partial charge < -0.3 is 15.5 Å². The van der Waals surface area contributed by atoms with E-state index in [9.17, 15) is 15.0 Å². The van der Waals surface area contributed by atoms with Gasteiger partial charge in [0.2, 0.25) is 5.91 Å². The van der Waals surface area contributed by atoms with E-state index in [0.29, 0.717) is 6.42 Å². The van der Waals surface area contributed by atoms with Gasteiger partial charge in [0, 0.05) is 6.42 Å². The number of rotatable bonds is 60. The molecule has 1 amide bonds. The van der Waals surface area contributed by atoms with Crippen LogP contribution in [-0.2, 0) is 4.79 Å². The summed E-state index contributed by atoms with van der Waals surface area (Å²) in [6.07, 6.45) is 108. The molecule has 0 aliphatic carbocycles. The number of amides is 1. The molecule has 0 spiro atoms. The Kier molecular flexibility index (Phi) is 65.3. The summed E-state index contributed by atoms with van der Waals surface area (Å²) in [6, 6.07) is -0.656. The average Bonchev–Trinajstić information content (AvgIpc) is 3.45. The van der Waals surface area contributed by atoms with E-state index in [4.69, 9.17) is 0 Å². The molecule has 450 valence electrons. The Morgan fingerprint density at radius 3 is 0.886 bits per heavy atom. The monoisotopic (exact) mass is 1090 g/mol. The average molecular weight is 1090 g/mol. The molecule has 3 N–H and O–H groups in total. The molecule has 0 rings (SSSR count). The Bertz CT molecular complexity index is 1620. The number of allylic oxidation sites excluding steroid dienone is 23. The zero-order valence-corrected chi connectivity index (χ0v) is 51.8. The molecule has 4 heteroatoms. The molecule has 0 saturated heterocycles. The number of nitrogens with one attached hydrogen (secondary N) is 1. The van der Waals surface area contributed by atoms with Gasteiger partial charge in [-0.05, 0) is 109 Å². The number of unbranched alkanes of at least 4 members (excludes halogenated alkanes) is 31. The van der Waals surface area contributed by atoms with Crippen molar-refractivity contribution >= 4 is 5.91 Å². The van der Waals surface area contributed by atoms with E-state index >= 15 is 0 Å². The third-order valence-electron chi connectivity index (χ3n) is 14.6. The standard InChI is InChI=1S/C75H127NO3/c1-3-5-7-9-11-13-15-17-19-21-23-25-27-29-31-33-34-35-36-37-38-39-40-41-42-43-45-47-49-51-53-55-57-59-61-63-65-67-69-71-75(79)76-73(72-77)74(78)70-68-66-64-62-60-58-56-54-52-50-48-46-44-32-30-28-26-24-22-20-18-16-14-12-10-8-6-4-2/h5,7,11,13,17,19,23,25,29,31,34-35,37-38,40-41,43,45,49,51,60,62,68,70,73-74,77-78H,3-4,6,8-10,12,14-16,18,20-22,24,26-28,30,32-33,36,39,42,44,46-48,50,52-59,61,63-67,69,71-72H2,1-2H3,(H,76,79)/b7-5-,13-11-,19-17-,25-23-,31-29-,35-34-,38-37-,41-40-,45-43-,51-49-,62-60+,70-68+. The third kappa shape index (κ3) is 65.0. The Morgan fingerprint density at radius 2 is 0.570 bits per heavy atom. The van der Waals surface area contributed by atoms with Crippen LogP contribution in [0.5, 0.6) is 0 Å². The second-order valence-corrected chi connectivity index (χ2v) is 22.1. The van der Waals surface area contributed by atoms with Gasteiger partial charge >= 0.3 is 0 Å². The lowest BCUT2D eigenvalue weighted by atomic mass is 10.0. The number of hydrogen-bond acceptors (Lipinski definition) is 3. The fraction of sp³-hybridized carbons (Fsp3) is 0.667. The summed E-state index contributed by atoms with van der Waals surface area (Å²) in [7, 11) is 0. The molecule has 0 aliphatic rings. The van der Waals surface area contributed by atoms with Crippen LogP contribution in [0, 0.1) is 0 Å². The van der Waals surface area contributed by atoms with Gasteiger partial charge in [-0.25, -0.2) is 0 Å². The molecule has 0 aliphatic heterocycles. The largest absolute Gasteiger partial charge is 0.394 e. The van der Waals surface area contributed by atoms with Crippen molar-refractivity contribution in [3.8, 4) is 0 Å². The first-order valence-electron chi connectivity index (χ1n) is 33.5. The third-order valence-corrected chi connectivity index (χ3v) is 14.6. The highest BCUT2D eigenvalue weighted by Gasteiger charge is 2.18. The molecular formula is C75H127NO3. The Hall–Kier alpha value is -3.73. The summed E-state index contributed by atoms with van der Waals surface area (Å²) < 4.78 is 0. The molecule has 0 fully saturated rings. The predicted molar refractivity (Wildman–Crippen MR) is 354 cm³/mol. The van der Waals surface area contributed by atoms with Crippen molar-refractivity contribution in [3.63, 3.8) is 0 Å². The molecule has 0 aromatic carbocycles. The fourth-order valence-electron chi connectivity index (χ4n) is 9.52. The van der Waals surface area contributed by atoms with Crippen LogP contribution in [0.15, 0.2) is 146 Å². The van der Waals surface area contributed by atoms with Crippen molar-refractivity contribution in [1.82, 2.24) is 5.32 Å². The molecule has 0 aromatic heterocycles. The highest BCUT2D eigenvalue weighted by molar-refractivity contribution is 5.76. The normalized spacial score (nSPS) is 13.7. The van der Waals surface area contributed by atoms with Crippen LogP contribution in [0.25, 0.3) is 0 Å². The SMILES string of the molecule is CC/C=C\C/C=C\C/C=C\C/C=C\C/C=C\C/C=C\C/C=C\C/C=C\C/C=C\C/C=C\CCCCCCCCCCC(=O)NC(CO)C(O)/C=C/CC/C=C/CCCCCCCCCCCCCCCCCCCCCCCC. The molecule has 2 atom stereocenters. The van der Waals surface area contributed by atoms with Crippen LogP contribution in [0.2, 0.25) is 0 Å². The van der Waals surface area contributed by atoms with Crippen LogP contribution in [0.4, 0.5) is 0 Å². The van der Waals surface area contributed by atoms with E-state index in [1.54, 1.807) is 6.08 Å². The van der Waals surface area contributed by atoms with E-state index in [-0.39, 0.29) is 12.5 Å². The van der Waals surface area contributed by atoms with Gasteiger partial charge in [-0.1, -0.05) is 333 Å². The Morgan fingerprint density at radius 1 is 0.316 bits per heavy atom. The van der Waals surface area contributed by atoms with E-state index in [1.165, 1.54) is 173 Å². The molecule has 79 heavy (non-hydrogen) atoms. The summed E-state index contributed by atoms with van der Waals surface area (Å²) in [4.78, 5) is 12.5. The van der Waals surface area contributed by atoms with Crippen LogP contribution in [-0.4, -0.2) is 34.9 Å². The summed E-state index contributed by atoms with van der Waals surface area (Å²) in [5.74, 6) is -0.0856. The molecule has 0 heterocycles. The fourth-order valence-corrected chi connectivity index (χ4v) is 9.52. The quantitative estimate of drug-likeness (QED) is 0.0420. The van der Waals surface area contributed by atoms with Crippen molar-refractivity contribution in [2.75, 3.05) is 6.61 Å². The predicted octanol–water partition coefficient (Wildman–Crippen LogP) is 23.1. The second kappa shape index (κ2) is 68.5. The van der Waals surface area contributed by atoms with Crippen LogP contribution < -0.4 is 5.32 Å². The molecule has 0 aromatic rings. The smallest absolute Gasteiger partial charge is 0.220 e. The van der Waals surface area contributed by atoms with Crippen molar-refractivity contribution in [2.24, 2.45) is 0 Å². The summed E-state index contributed by atoms with van der Waals surface area (Å²) >= 11 is 0. The van der Waals surface area contributed by atoms with Crippen LogP contribution in [0.1, 0.15) is 303 Å². The van der Waals surface area contributed by atoms with Crippen molar-refractivity contribution < 1.29 is 15.0 Å². The highest BCUT2D eigenvalue weighted by atomic mass is 16.3. The van der Waals surface area contributed by atoms with Crippen molar-refractivity contribution in [3.05, 3.63) is 146 Å².